The lowest BCUT2D eigenvalue weighted by Gasteiger charge is -2.36. The van der Waals surface area contributed by atoms with Crippen molar-refractivity contribution in [2.75, 3.05) is 13.7 Å². The number of carbonyl (C=O) groups excluding carboxylic acids is 2. The predicted molar refractivity (Wildman–Crippen MR) is 106 cm³/mol. The molecule has 1 aromatic rings. The molecule has 1 rings (SSSR count). The third-order valence-electron chi connectivity index (χ3n) is 4.98. The van der Waals surface area contributed by atoms with Crippen LogP contribution in [0.3, 0.4) is 0 Å². The van der Waals surface area contributed by atoms with Crippen LogP contribution in [0.1, 0.15) is 39.2 Å². The Morgan fingerprint density at radius 1 is 1.15 bits per heavy atom. The van der Waals surface area contributed by atoms with Crippen LogP contribution in [0.2, 0.25) is 18.1 Å². The molecule has 0 bridgehead atoms. The van der Waals surface area contributed by atoms with E-state index < -0.39 is 20.3 Å². The Kier molecular flexibility index (Phi) is 8.50. The Bertz CT molecular complexity index is 581. The van der Waals surface area contributed by atoms with Gasteiger partial charge >= 0.3 is 5.97 Å². The van der Waals surface area contributed by atoms with Crippen molar-refractivity contribution in [2.24, 2.45) is 0 Å². The van der Waals surface area contributed by atoms with Crippen molar-refractivity contribution < 1.29 is 18.8 Å². The number of esters is 1. The van der Waals surface area contributed by atoms with Crippen LogP contribution in [0.25, 0.3) is 0 Å². The van der Waals surface area contributed by atoms with Gasteiger partial charge in [0.05, 0.1) is 7.11 Å². The second-order valence-electron chi connectivity index (χ2n) is 8.03. The average molecular weight is 380 g/mol. The first kappa shape index (κ1) is 22.4. The molecule has 0 saturated carbocycles. The van der Waals surface area contributed by atoms with E-state index in [9.17, 15) is 9.59 Å². The van der Waals surface area contributed by atoms with Crippen molar-refractivity contribution in [3.05, 3.63) is 35.9 Å². The summed E-state index contributed by atoms with van der Waals surface area (Å²) in [5.74, 6) is -0.589. The topological polar surface area (TPSA) is 64.6 Å². The minimum atomic E-state index is -1.88. The third-order valence-corrected chi connectivity index (χ3v) is 9.52. The number of nitrogens with one attached hydrogen (secondary N) is 1. The summed E-state index contributed by atoms with van der Waals surface area (Å²) in [5.41, 5.74) is 1.10. The van der Waals surface area contributed by atoms with Crippen molar-refractivity contribution in [1.29, 1.82) is 0 Å². The summed E-state index contributed by atoms with van der Waals surface area (Å²) in [7, 11) is -0.547. The molecule has 26 heavy (non-hydrogen) atoms. The summed E-state index contributed by atoms with van der Waals surface area (Å²) in [6.07, 6.45) is 1.39. The van der Waals surface area contributed by atoms with Gasteiger partial charge in [-0.2, -0.15) is 0 Å². The van der Waals surface area contributed by atoms with Crippen molar-refractivity contribution in [1.82, 2.24) is 5.32 Å². The molecule has 0 aliphatic rings. The van der Waals surface area contributed by atoms with Crippen molar-refractivity contribution >= 4 is 20.2 Å². The first-order valence-electron chi connectivity index (χ1n) is 9.12. The number of hydrogen-bond acceptors (Lipinski definition) is 4. The summed E-state index contributed by atoms with van der Waals surface area (Å²) in [6.45, 7) is 11.3. The maximum Gasteiger partial charge on any atom is 0.328 e. The molecule has 0 radical (unpaired) electrons. The molecule has 0 aromatic heterocycles. The van der Waals surface area contributed by atoms with Gasteiger partial charge in [0.25, 0.3) is 0 Å². The van der Waals surface area contributed by atoms with Gasteiger partial charge < -0.3 is 14.5 Å². The smallest absolute Gasteiger partial charge is 0.328 e. The van der Waals surface area contributed by atoms with Crippen molar-refractivity contribution in [2.45, 2.75) is 64.2 Å². The van der Waals surface area contributed by atoms with E-state index in [1.54, 1.807) is 0 Å². The van der Waals surface area contributed by atoms with Crippen LogP contribution in [0.5, 0.6) is 0 Å². The van der Waals surface area contributed by atoms with Crippen LogP contribution in [0.15, 0.2) is 30.3 Å². The Morgan fingerprint density at radius 2 is 1.77 bits per heavy atom. The molecular weight excluding hydrogens is 346 g/mol. The molecule has 0 aliphatic heterocycles. The summed E-state index contributed by atoms with van der Waals surface area (Å²) in [5, 5.41) is 2.89. The monoisotopic (exact) mass is 379 g/mol. The summed E-state index contributed by atoms with van der Waals surface area (Å²) in [6, 6.07) is 9.13. The number of rotatable bonds is 9. The molecule has 6 heteroatoms. The first-order chi connectivity index (χ1) is 12.1. The van der Waals surface area contributed by atoms with Crippen molar-refractivity contribution in [3.63, 3.8) is 0 Å². The van der Waals surface area contributed by atoms with Crippen LogP contribution >= 0.6 is 0 Å². The number of carbonyl (C=O) groups is 2. The second kappa shape index (κ2) is 9.88. The molecule has 0 saturated heterocycles. The highest BCUT2D eigenvalue weighted by Crippen LogP contribution is 2.36. The fourth-order valence-corrected chi connectivity index (χ4v) is 3.27. The highest BCUT2D eigenvalue weighted by Gasteiger charge is 2.37. The minimum Gasteiger partial charge on any atom is -0.467 e. The van der Waals surface area contributed by atoms with Gasteiger partial charge in [-0.05, 0) is 30.1 Å². The molecule has 1 amide bonds. The molecule has 0 aliphatic carbocycles. The number of aryl methyl sites for hydroxylation is 1. The van der Waals surface area contributed by atoms with Gasteiger partial charge in [-0.25, -0.2) is 4.79 Å². The Labute approximate surface area is 158 Å². The number of benzene rings is 1. The van der Waals surface area contributed by atoms with Crippen molar-refractivity contribution in [3.8, 4) is 0 Å². The Morgan fingerprint density at radius 3 is 2.31 bits per heavy atom. The van der Waals surface area contributed by atoms with Gasteiger partial charge in [0.15, 0.2) is 8.32 Å². The van der Waals surface area contributed by atoms with E-state index in [-0.39, 0.29) is 10.9 Å². The summed E-state index contributed by atoms with van der Waals surface area (Å²) < 4.78 is 10.9. The largest absolute Gasteiger partial charge is 0.467 e. The van der Waals surface area contributed by atoms with E-state index in [0.29, 0.717) is 25.9 Å². The van der Waals surface area contributed by atoms with Crippen LogP contribution in [0.4, 0.5) is 0 Å². The van der Waals surface area contributed by atoms with Crippen LogP contribution < -0.4 is 5.32 Å². The maximum atomic E-state index is 12.2. The van der Waals surface area contributed by atoms with E-state index in [2.05, 4.69) is 39.2 Å². The number of amides is 1. The van der Waals surface area contributed by atoms with Crippen LogP contribution in [-0.4, -0.2) is 40.0 Å². The predicted octanol–water partition coefficient (Wildman–Crippen LogP) is 3.69. The Hall–Kier alpha value is -1.66. The second-order valence-corrected chi connectivity index (χ2v) is 12.8. The van der Waals surface area contributed by atoms with E-state index in [0.717, 1.165) is 5.56 Å². The minimum absolute atomic E-state index is 0.104. The van der Waals surface area contributed by atoms with Gasteiger partial charge in [0.1, 0.15) is 6.04 Å². The number of ether oxygens (including phenoxy) is 1. The zero-order valence-electron chi connectivity index (χ0n) is 16.9. The van der Waals surface area contributed by atoms with E-state index in [1.165, 1.54) is 7.11 Å². The van der Waals surface area contributed by atoms with Crippen LogP contribution in [0, 0.1) is 0 Å². The fraction of sp³-hybridized carbons (Fsp3) is 0.600. The third kappa shape index (κ3) is 7.29. The normalized spacial score (nSPS) is 13.2. The SMILES string of the molecule is COC(=O)[C@@H](CCO[Si](C)(C)C(C)(C)C)NC(=O)CCc1ccccc1. The molecule has 0 spiro atoms. The standard InChI is InChI=1S/C20H33NO4Si/c1-20(2,3)26(5,6)25-15-14-17(19(23)24-4)21-18(22)13-12-16-10-8-7-9-11-16/h7-11,17H,12-15H2,1-6H3,(H,21,22)/t17-/m1/s1. The molecule has 1 atom stereocenters. The zero-order valence-corrected chi connectivity index (χ0v) is 17.9. The van der Waals surface area contributed by atoms with Gasteiger partial charge in [0, 0.05) is 19.4 Å². The number of hydrogen-bond donors (Lipinski definition) is 1. The molecular formula is C20H33NO4Si. The van der Waals surface area contributed by atoms with Gasteiger partial charge in [-0.3, -0.25) is 4.79 Å². The van der Waals surface area contributed by atoms with Gasteiger partial charge in [-0.1, -0.05) is 51.1 Å². The fourth-order valence-electron chi connectivity index (χ4n) is 2.21. The lowest BCUT2D eigenvalue weighted by molar-refractivity contribution is -0.145. The van der Waals surface area contributed by atoms with E-state index >= 15 is 0 Å². The van der Waals surface area contributed by atoms with Gasteiger partial charge in [0.2, 0.25) is 5.91 Å². The first-order valence-corrected chi connectivity index (χ1v) is 12.0. The van der Waals surface area contributed by atoms with Gasteiger partial charge in [-0.15, -0.1) is 0 Å². The average Bonchev–Trinajstić information content (AvgIpc) is 2.58. The quantitative estimate of drug-likeness (QED) is 0.525. The summed E-state index contributed by atoms with van der Waals surface area (Å²) >= 11 is 0. The molecule has 0 fully saturated rings. The lowest BCUT2D eigenvalue weighted by Crippen LogP contribution is -2.45. The number of methoxy groups -OCH3 is 1. The summed E-state index contributed by atoms with van der Waals surface area (Å²) in [4.78, 5) is 24.2. The molecule has 5 nitrogen and oxygen atoms in total. The molecule has 0 unspecified atom stereocenters. The van der Waals surface area contributed by atoms with E-state index in [4.69, 9.17) is 9.16 Å². The zero-order chi connectivity index (χ0) is 19.8. The van der Waals surface area contributed by atoms with Crippen LogP contribution in [-0.2, 0) is 25.2 Å². The maximum absolute atomic E-state index is 12.2. The van der Waals surface area contributed by atoms with E-state index in [1.807, 2.05) is 30.3 Å². The molecule has 0 heterocycles. The Balaban J connectivity index is 2.53. The molecule has 1 N–H and O–H groups in total. The highest BCUT2D eigenvalue weighted by molar-refractivity contribution is 6.74. The molecule has 1 aromatic carbocycles. The highest BCUT2D eigenvalue weighted by atomic mass is 28.4. The molecule has 146 valence electrons. The lowest BCUT2D eigenvalue weighted by atomic mass is 10.1.